The number of carbonyl (C=O) groups excluding carboxylic acids is 1. The number of hydrogen-bond acceptors (Lipinski definition) is 6. The minimum Gasteiger partial charge on any atom is -0.324 e. The maximum Gasteiger partial charge on any atom is 0.263 e. The van der Waals surface area contributed by atoms with Crippen LogP contribution in [0.3, 0.4) is 0 Å². The number of nitrogens with zero attached hydrogens (tertiary/aromatic N) is 1. The standard InChI is InChI=1S/C22H28N4O5S2/c1-4-5-13-23-32(28,29)17-10-8-9-16(14-17)24-22(27)20(15(2)3)25-21-18-11-6-7-12-19(18)33(30,31)26-21/h6-12,14-15,20,23H,4-5,13H2,1-3H3,(H,24,27)(H,25,26). The van der Waals surface area contributed by atoms with Gasteiger partial charge in [0.25, 0.3) is 10.0 Å². The van der Waals surface area contributed by atoms with Gasteiger partial charge in [-0.1, -0.05) is 45.4 Å². The molecule has 0 bridgehead atoms. The summed E-state index contributed by atoms with van der Waals surface area (Å²) in [5.41, 5.74) is 0.707. The van der Waals surface area contributed by atoms with Crippen molar-refractivity contribution in [3.8, 4) is 0 Å². The SMILES string of the molecule is CCCCNS(=O)(=O)c1cccc(NC(=O)C(N=C2NS(=O)(=O)c3ccccc32)C(C)C)c1. The molecule has 2 aromatic rings. The lowest BCUT2D eigenvalue weighted by Gasteiger charge is -2.18. The Kier molecular flexibility index (Phi) is 7.55. The second-order valence-electron chi connectivity index (χ2n) is 8.04. The third-order valence-electron chi connectivity index (χ3n) is 5.07. The average molecular weight is 493 g/mol. The molecule has 33 heavy (non-hydrogen) atoms. The Morgan fingerprint density at radius 3 is 2.55 bits per heavy atom. The molecule has 9 nitrogen and oxygen atoms in total. The quantitative estimate of drug-likeness (QED) is 0.463. The van der Waals surface area contributed by atoms with E-state index in [-0.39, 0.29) is 21.5 Å². The van der Waals surface area contributed by atoms with Crippen LogP contribution < -0.4 is 14.8 Å². The number of amidine groups is 1. The molecule has 0 radical (unpaired) electrons. The highest BCUT2D eigenvalue weighted by molar-refractivity contribution is 7.90. The van der Waals surface area contributed by atoms with Crippen LogP contribution in [0.4, 0.5) is 5.69 Å². The Morgan fingerprint density at radius 2 is 1.85 bits per heavy atom. The van der Waals surface area contributed by atoms with Gasteiger partial charge in [-0.25, -0.2) is 21.6 Å². The number of amides is 1. The van der Waals surface area contributed by atoms with E-state index in [0.29, 0.717) is 17.8 Å². The first kappa shape index (κ1) is 24.9. The highest BCUT2D eigenvalue weighted by atomic mass is 32.2. The van der Waals surface area contributed by atoms with E-state index in [0.717, 1.165) is 12.8 Å². The highest BCUT2D eigenvalue weighted by Crippen LogP contribution is 2.24. The van der Waals surface area contributed by atoms with Crippen LogP contribution in [0.25, 0.3) is 0 Å². The summed E-state index contributed by atoms with van der Waals surface area (Å²) in [6.07, 6.45) is 1.58. The third-order valence-corrected chi connectivity index (χ3v) is 7.92. The normalized spacial score (nSPS) is 16.9. The van der Waals surface area contributed by atoms with Crippen molar-refractivity contribution < 1.29 is 21.6 Å². The lowest BCUT2D eigenvalue weighted by Crippen LogP contribution is -2.34. The molecule has 0 aliphatic carbocycles. The summed E-state index contributed by atoms with van der Waals surface area (Å²) in [6.45, 7) is 5.89. The topological polar surface area (TPSA) is 134 Å². The fourth-order valence-electron chi connectivity index (χ4n) is 3.30. The second kappa shape index (κ2) is 10.0. The third kappa shape index (κ3) is 5.79. The average Bonchev–Trinajstić information content (AvgIpc) is 3.02. The molecule has 1 unspecified atom stereocenters. The van der Waals surface area contributed by atoms with Gasteiger partial charge in [-0.2, -0.15) is 0 Å². The van der Waals surface area contributed by atoms with Gasteiger partial charge in [0.05, 0.1) is 9.79 Å². The Balaban J connectivity index is 1.84. The number of aliphatic imine (C=N–C) groups is 1. The molecule has 1 heterocycles. The smallest absolute Gasteiger partial charge is 0.263 e. The molecule has 3 rings (SSSR count). The largest absolute Gasteiger partial charge is 0.324 e. The van der Waals surface area contributed by atoms with Gasteiger partial charge in [-0.3, -0.25) is 14.5 Å². The predicted octanol–water partition coefficient (Wildman–Crippen LogP) is 2.47. The molecule has 0 saturated heterocycles. The number of unbranched alkanes of at least 4 members (excludes halogenated alkanes) is 1. The Hall–Kier alpha value is -2.76. The van der Waals surface area contributed by atoms with Crippen LogP contribution >= 0.6 is 0 Å². The highest BCUT2D eigenvalue weighted by Gasteiger charge is 2.32. The zero-order valence-corrected chi connectivity index (χ0v) is 20.3. The minimum absolute atomic E-state index is 0.0429. The predicted molar refractivity (Wildman–Crippen MR) is 127 cm³/mol. The zero-order valence-electron chi connectivity index (χ0n) is 18.7. The Labute approximate surface area is 194 Å². The van der Waals surface area contributed by atoms with E-state index in [9.17, 15) is 21.6 Å². The Bertz CT molecular complexity index is 1270. The number of anilines is 1. The molecule has 11 heteroatoms. The van der Waals surface area contributed by atoms with Crippen molar-refractivity contribution >= 4 is 37.5 Å². The number of sulfonamides is 2. The summed E-state index contributed by atoms with van der Waals surface area (Å²) < 4.78 is 54.6. The monoisotopic (exact) mass is 492 g/mol. The molecule has 0 saturated carbocycles. The first-order valence-corrected chi connectivity index (χ1v) is 13.6. The van der Waals surface area contributed by atoms with Crippen LogP contribution in [0, 0.1) is 5.92 Å². The van der Waals surface area contributed by atoms with Crippen LogP contribution in [0.1, 0.15) is 39.2 Å². The fraction of sp³-hybridized carbons (Fsp3) is 0.364. The molecular weight excluding hydrogens is 464 g/mol. The molecule has 1 atom stereocenters. The lowest BCUT2D eigenvalue weighted by atomic mass is 10.0. The molecular formula is C22H28N4O5S2. The molecule has 1 aliphatic rings. The summed E-state index contributed by atoms with van der Waals surface area (Å²) in [4.78, 5) is 17.6. The van der Waals surface area contributed by atoms with Gasteiger partial charge in [0.2, 0.25) is 15.9 Å². The number of fused-ring (bicyclic) bond motifs is 1. The molecule has 0 aromatic heterocycles. The summed E-state index contributed by atoms with van der Waals surface area (Å²) in [6, 6.07) is 11.5. The van der Waals surface area contributed by atoms with Gasteiger partial charge in [0.1, 0.15) is 11.9 Å². The van der Waals surface area contributed by atoms with Crippen LogP contribution in [0.5, 0.6) is 0 Å². The van der Waals surface area contributed by atoms with Gasteiger partial charge < -0.3 is 5.32 Å². The summed E-state index contributed by atoms with van der Waals surface area (Å²) >= 11 is 0. The number of hydrogen-bond donors (Lipinski definition) is 3. The van der Waals surface area contributed by atoms with E-state index >= 15 is 0 Å². The van der Waals surface area contributed by atoms with E-state index in [1.54, 1.807) is 44.2 Å². The lowest BCUT2D eigenvalue weighted by molar-refractivity contribution is -0.118. The zero-order chi connectivity index (χ0) is 24.2. The molecule has 2 aromatic carbocycles. The van der Waals surface area contributed by atoms with Crippen molar-refractivity contribution in [1.82, 2.24) is 9.44 Å². The van der Waals surface area contributed by atoms with Gasteiger partial charge in [0, 0.05) is 17.8 Å². The number of nitrogens with one attached hydrogen (secondary N) is 3. The molecule has 0 spiro atoms. The van der Waals surface area contributed by atoms with Crippen molar-refractivity contribution in [2.24, 2.45) is 10.9 Å². The molecule has 178 valence electrons. The van der Waals surface area contributed by atoms with Crippen molar-refractivity contribution in [1.29, 1.82) is 0 Å². The van der Waals surface area contributed by atoms with E-state index < -0.39 is 32.0 Å². The minimum atomic E-state index is -3.73. The van der Waals surface area contributed by atoms with Crippen molar-refractivity contribution in [2.45, 2.75) is 49.4 Å². The van der Waals surface area contributed by atoms with Gasteiger partial charge in [-0.05, 0) is 42.7 Å². The second-order valence-corrected chi connectivity index (χ2v) is 11.5. The number of carbonyl (C=O) groups is 1. The van der Waals surface area contributed by atoms with Gasteiger partial charge in [-0.15, -0.1) is 0 Å². The first-order valence-electron chi connectivity index (χ1n) is 10.7. The van der Waals surface area contributed by atoms with Crippen molar-refractivity contribution in [3.63, 3.8) is 0 Å². The van der Waals surface area contributed by atoms with Crippen molar-refractivity contribution in [2.75, 3.05) is 11.9 Å². The van der Waals surface area contributed by atoms with Crippen LogP contribution in [-0.4, -0.2) is 41.2 Å². The molecule has 1 aliphatic heterocycles. The summed E-state index contributed by atoms with van der Waals surface area (Å²) in [5, 5.41) is 2.71. The van der Waals surface area contributed by atoms with Crippen LogP contribution in [0.15, 0.2) is 63.3 Å². The van der Waals surface area contributed by atoms with Crippen LogP contribution in [-0.2, 0) is 24.8 Å². The van der Waals surface area contributed by atoms with E-state index in [1.807, 2.05) is 6.92 Å². The van der Waals surface area contributed by atoms with Gasteiger partial charge >= 0.3 is 0 Å². The molecule has 0 fully saturated rings. The molecule has 3 N–H and O–H groups in total. The summed E-state index contributed by atoms with van der Waals surface area (Å²) in [5.74, 6) is -0.622. The van der Waals surface area contributed by atoms with E-state index in [1.165, 1.54) is 18.2 Å². The maximum absolute atomic E-state index is 13.0. The Morgan fingerprint density at radius 1 is 1.12 bits per heavy atom. The fourth-order valence-corrected chi connectivity index (χ4v) is 5.66. The number of benzene rings is 2. The van der Waals surface area contributed by atoms with Gasteiger partial charge in [0.15, 0.2) is 0 Å². The summed E-state index contributed by atoms with van der Waals surface area (Å²) in [7, 11) is -7.43. The van der Waals surface area contributed by atoms with Crippen LogP contribution in [0.2, 0.25) is 0 Å². The van der Waals surface area contributed by atoms with E-state index in [2.05, 4.69) is 19.8 Å². The molecule has 1 amide bonds. The first-order chi connectivity index (χ1) is 15.5. The maximum atomic E-state index is 13.0. The van der Waals surface area contributed by atoms with Crippen molar-refractivity contribution in [3.05, 3.63) is 54.1 Å². The van der Waals surface area contributed by atoms with E-state index in [4.69, 9.17) is 0 Å². The number of rotatable bonds is 9.